The Kier molecular flexibility index (Phi) is 5.86. The van der Waals surface area contributed by atoms with Crippen LogP contribution in [0, 0.1) is 13.8 Å². The number of carbonyl (C=O) groups is 1. The Morgan fingerprint density at radius 1 is 1.00 bits per heavy atom. The van der Waals surface area contributed by atoms with Crippen LogP contribution in [-0.2, 0) is 28.5 Å². The maximum atomic E-state index is 13.5. The summed E-state index contributed by atoms with van der Waals surface area (Å²) >= 11 is 0. The van der Waals surface area contributed by atoms with Crippen LogP contribution in [0.15, 0.2) is 59.6 Å². The molecule has 6 nitrogen and oxygen atoms in total. The predicted octanol–water partition coefficient (Wildman–Crippen LogP) is 4.86. The van der Waals surface area contributed by atoms with E-state index in [0.717, 1.165) is 23.4 Å². The molecule has 7 heteroatoms. The molecule has 0 radical (unpaired) electrons. The number of hydrogen-bond donors (Lipinski definition) is 1. The van der Waals surface area contributed by atoms with Crippen molar-refractivity contribution < 1.29 is 13.2 Å². The molecule has 0 fully saturated rings. The summed E-state index contributed by atoms with van der Waals surface area (Å²) in [4.78, 5) is 15.4. The van der Waals surface area contributed by atoms with E-state index in [9.17, 15) is 13.2 Å². The van der Waals surface area contributed by atoms with Crippen molar-refractivity contribution in [3.8, 4) is 0 Å². The molecular weight excluding hydrogens is 434 g/mol. The van der Waals surface area contributed by atoms with E-state index in [2.05, 4.69) is 30.1 Å². The summed E-state index contributed by atoms with van der Waals surface area (Å²) in [7, 11) is -3.90. The lowest BCUT2D eigenvalue weighted by atomic mass is 9.85. The fraction of sp³-hybridized carbons (Fsp3) is 0.346. The van der Waals surface area contributed by atoms with E-state index in [1.54, 1.807) is 35.2 Å². The highest BCUT2D eigenvalue weighted by Crippen LogP contribution is 2.31. The van der Waals surface area contributed by atoms with Gasteiger partial charge in [-0.25, -0.2) is 8.42 Å². The number of hydrogen-bond acceptors (Lipinski definition) is 3. The number of anilines is 1. The Hall–Kier alpha value is -3.06. The molecule has 0 spiro atoms. The molecule has 0 atom stereocenters. The quantitative estimate of drug-likeness (QED) is 0.598. The summed E-state index contributed by atoms with van der Waals surface area (Å²) in [5.74, 6) is -0.183. The molecule has 1 amide bonds. The molecule has 0 saturated heterocycles. The molecule has 2 aromatic carbocycles. The summed E-state index contributed by atoms with van der Waals surface area (Å²) in [6, 6.07) is 14.6. The predicted molar refractivity (Wildman–Crippen MR) is 131 cm³/mol. The van der Waals surface area contributed by atoms with E-state index >= 15 is 0 Å². The van der Waals surface area contributed by atoms with E-state index in [1.807, 2.05) is 38.2 Å². The lowest BCUT2D eigenvalue weighted by Crippen LogP contribution is -2.38. The summed E-state index contributed by atoms with van der Waals surface area (Å²) in [6.45, 7) is 11.7. The van der Waals surface area contributed by atoms with Gasteiger partial charge in [0.25, 0.3) is 15.9 Å². The molecule has 1 aliphatic rings. The second kappa shape index (κ2) is 8.37. The van der Waals surface area contributed by atoms with Crippen molar-refractivity contribution in [1.82, 2.24) is 9.47 Å². The van der Waals surface area contributed by atoms with Gasteiger partial charge in [-0.1, -0.05) is 39.0 Å². The third-order valence-electron chi connectivity index (χ3n) is 6.35. The van der Waals surface area contributed by atoms with Crippen molar-refractivity contribution in [1.29, 1.82) is 0 Å². The van der Waals surface area contributed by atoms with Gasteiger partial charge >= 0.3 is 0 Å². The number of carbonyl (C=O) groups excluding carboxylic acids is 1. The second-order valence-corrected chi connectivity index (χ2v) is 11.4. The molecular formula is C26H31N3O3S. The normalized spacial score (nSPS) is 14.2. The molecule has 0 saturated carbocycles. The first kappa shape index (κ1) is 23.1. The number of aryl methyl sites for hydroxylation is 1. The van der Waals surface area contributed by atoms with Crippen molar-refractivity contribution in [2.24, 2.45) is 0 Å². The van der Waals surface area contributed by atoms with Gasteiger partial charge in [0.05, 0.1) is 22.7 Å². The molecule has 4 rings (SSSR count). The molecule has 3 aromatic rings. The molecule has 33 heavy (non-hydrogen) atoms. The molecule has 0 aliphatic carbocycles. The zero-order chi connectivity index (χ0) is 24.0. The Morgan fingerprint density at radius 2 is 1.73 bits per heavy atom. The lowest BCUT2D eigenvalue weighted by molar-refractivity contribution is 0.0712. The van der Waals surface area contributed by atoms with E-state index < -0.39 is 10.0 Å². The average Bonchev–Trinajstić information content (AvgIpc) is 3.22. The number of aromatic nitrogens is 1. The van der Waals surface area contributed by atoms with Crippen LogP contribution in [0.25, 0.3) is 0 Å². The van der Waals surface area contributed by atoms with Crippen molar-refractivity contribution in [3.05, 3.63) is 82.7 Å². The largest absolute Gasteiger partial charge is 0.348 e. The topological polar surface area (TPSA) is 71.4 Å². The van der Waals surface area contributed by atoms with Crippen molar-refractivity contribution in [2.45, 2.75) is 58.0 Å². The van der Waals surface area contributed by atoms with E-state index in [1.165, 1.54) is 0 Å². The number of sulfonamides is 1. The van der Waals surface area contributed by atoms with Gasteiger partial charge in [-0.15, -0.1) is 0 Å². The van der Waals surface area contributed by atoms with Crippen LogP contribution in [0.5, 0.6) is 0 Å². The van der Waals surface area contributed by atoms with E-state index in [4.69, 9.17) is 0 Å². The highest BCUT2D eigenvalue weighted by atomic mass is 32.2. The van der Waals surface area contributed by atoms with Gasteiger partial charge in [-0.2, -0.15) is 0 Å². The first-order valence-electron chi connectivity index (χ1n) is 11.1. The fourth-order valence-corrected chi connectivity index (χ4v) is 5.58. The summed E-state index contributed by atoms with van der Waals surface area (Å²) < 4.78 is 31.8. The number of nitrogens with zero attached hydrogens (tertiary/aromatic N) is 2. The minimum absolute atomic E-state index is 0.183. The smallest absolute Gasteiger partial charge is 0.262 e. The third kappa shape index (κ3) is 4.55. The van der Waals surface area contributed by atoms with Gasteiger partial charge in [-0.3, -0.25) is 9.52 Å². The Morgan fingerprint density at radius 3 is 2.45 bits per heavy atom. The van der Waals surface area contributed by atoms with Crippen LogP contribution in [0.2, 0.25) is 0 Å². The number of nitrogens with one attached hydrogen (secondary N) is 1. The SMILES string of the molecule is Cc1cc(C(C)(C)C)cc(S(=O)(=O)Nc2ccccc2C(=O)N2CCn3cccc3C2)c1C. The standard InChI is InChI=1S/C26H31N3O3S/c1-18-15-20(26(3,4)5)16-24(19(18)2)33(31,32)27-23-11-7-6-10-22(23)25(30)29-14-13-28-12-8-9-21(28)17-29/h6-12,15-16,27H,13-14,17H2,1-5H3. The van der Waals surface area contributed by atoms with Gasteiger partial charge in [0, 0.05) is 25.0 Å². The van der Waals surface area contributed by atoms with Crippen LogP contribution >= 0.6 is 0 Å². The molecule has 2 heterocycles. The molecule has 174 valence electrons. The van der Waals surface area contributed by atoms with Crippen molar-refractivity contribution in [2.75, 3.05) is 11.3 Å². The Labute approximate surface area is 196 Å². The highest BCUT2D eigenvalue weighted by Gasteiger charge is 2.27. The van der Waals surface area contributed by atoms with E-state index in [0.29, 0.717) is 29.9 Å². The Balaban J connectivity index is 1.67. The second-order valence-electron chi connectivity index (χ2n) is 9.74. The Bertz CT molecular complexity index is 1320. The number of para-hydroxylation sites is 1. The molecule has 0 bridgehead atoms. The monoisotopic (exact) mass is 465 g/mol. The summed E-state index contributed by atoms with van der Waals surface area (Å²) in [5, 5.41) is 0. The van der Waals surface area contributed by atoms with Gasteiger partial charge in [0.15, 0.2) is 0 Å². The number of amides is 1. The number of fused-ring (bicyclic) bond motifs is 1. The lowest BCUT2D eigenvalue weighted by Gasteiger charge is -2.29. The van der Waals surface area contributed by atoms with Crippen LogP contribution in [0.1, 0.15) is 53.5 Å². The van der Waals surface area contributed by atoms with Crippen LogP contribution in [0.3, 0.4) is 0 Å². The van der Waals surface area contributed by atoms with Crippen LogP contribution in [0.4, 0.5) is 5.69 Å². The van der Waals surface area contributed by atoms with Crippen LogP contribution < -0.4 is 4.72 Å². The minimum Gasteiger partial charge on any atom is -0.348 e. The van der Waals surface area contributed by atoms with Gasteiger partial charge < -0.3 is 9.47 Å². The van der Waals surface area contributed by atoms with Gasteiger partial charge in [0.2, 0.25) is 0 Å². The van der Waals surface area contributed by atoms with Crippen molar-refractivity contribution >= 4 is 21.6 Å². The zero-order valence-corrected chi connectivity index (χ0v) is 20.7. The summed E-state index contributed by atoms with van der Waals surface area (Å²) in [5.41, 5.74) is 4.09. The fourth-order valence-electron chi connectivity index (χ4n) is 4.16. The number of benzene rings is 2. The average molecular weight is 466 g/mol. The first-order chi connectivity index (χ1) is 15.5. The molecule has 0 unspecified atom stereocenters. The summed E-state index contributed by atoms with van der Waals surface area (Å²) in [6.07, 6.45) is 2.01. The molecule has 1 aromatic heterocycles. The maximum absolute atomic E-state index is 13.5. The van der Waals surface area contributed by atoms with Gasteiger partial charge in [-0.05, 0) is 66.3 Å². The zero-order valence-electron chi connectivity index (χ0n) is 19.8. The minimum atomic E-state index is -3.90. The van der Waals surface area contributed by atoms with Gasteiger partial charge in [0.1, 0.15) is 0 Å². The third-order valence-corrected chi connectivity index (χ3v) is 7.84. The molecule has 1 N–H and O–H groups in total. The highest BCUT2D eigenvalue weighted by molar-refractivity contribution is 7.92. The first-order valence-corrected chi connectivity index (χ1v) is 12.6. The van der Waals surface area contributed by atoms with Crippen LogP contribution in [-0.4, -0.2) is 30.3 Å². The maximum Gasteiger partial charge on any atom is 0.262 e. The molecule has 1 aliphatic heterocycles. The number of rotatable bonds is 4. The van der Waals surface area contributed by atoms with Crippen molar-refractivity contribution in [3.63, 3.8) is 0 Å². The van der Waals surface area contributed by atoms with E-state index in [-0.39, 0.29) is 16.2 Å².